The van der Waals surface area contributed by atoms with Crippen LogP contribution < -0.4 is 5.32 Å². The zero-order valence-corrected chi connectivity index (χ0v) is 11.3. The van der Waals surface area contributed by atoms with Crippen LogP contribution >= 0.6 is 0 Å². The number of anilines is 1. The maximum absolute atomic E-state index is 12.6. The van der Waals surface area contributed by atoms with Gasteiger partial charge in [-0.15, -0.1) is 0 Å². The molecule has 1 unspecified atom stereocenters. The van der Waals surface area contributed by atoms with Gasteiger partial charge >= 0.3 is 0 Å². The van der Waals surface area contributed by atoms with Crippen molar-refractivity contribution in [3.8, 4) is 6.07 Å². The monoisotopic (exact) mass is 264 g/mol. The van der Waals surface area contributed by atoms with E-state index >= 15 is 0 Å². The number of benzene rings is 2. The smallest absolute Gasteiger partial charge is 0.249 e. The van der Waals surface area contributed by atoms with Crippen LogP contribution in [0, 0.1) is 11.3 Å². The average molecular weight is 264 g/mol. The standard InChI is InChI=1S/C17H16N2O/c1-2-17(13-18,14-9-5-3-6-10-14)16(20)19-15-11-7-4-8-12-15/h3-12H,2H2,1H3,(H,19,20). The van der Waals surface area contributed by atoms with Crippen LogP contribution in [-0.2, 0) is 10.2 Å². The number of amides is 1. The molecule has 3 heteroatoms. The number of hydrogen-bond donors (Lipinski definition) is 1. The molecule has 0 radical (unpaired) electrons. The van der Waals surface area contributed by atoms with Gasteiger partial charge in [-0.1, -0.05) is 55.5 Å². The van der Waals surface area contributed by atoms with Gasteiger partial charge in [-0.3, -0.25) is 4.79 Å². The molecule has 2 aromatic rings. The molecule has 2 aromatic carbocycles. The van der Waals surface area contributed by atoms with Crippen LogP contribution in [0.1, 0.15) is 18.9 Å². The van der Waals surface area contributed by atoms with Gasteiger partial charge in [0, 0.05) is 5.69 Å². The minimum absolute atomic E-state index is 0.292. The molecule has 0 bridgehead atoms. The van der Waals surface area contributed by atoms with E-state index in [0.29, 0.717) is 12.1 Å². The first kappa shape index (κ1) is 13.8. The predicted octanol–water partition coefficient (Wildman–Crippen LogP) is 3.50. The predicted molar refractivity (Wildman–Crippen MR) is 79.1 cm³/mol. The Hall–Kier alpha value is -2.60. The highest BCUT2D eigenvalue weighted by molar-refractivity contribution is 6.01. The van der Waals surface area contributed by atoms with Crippen LogP contribution in [0.3, 0.4) is 0 Å². The number of carbonyl (C=O) groups excluding carboxylic acids is 1. The molecule has 0 aromatic heterocycles. The summed E-state index contributed by atoms with van der Waals surface area (Å²) in [6.07, 6.45) is 0.423. The van der Waals surface area contributed by atoms with Crippen LogP contribution in [0.15, 0.2) is 60.7 Å². The van der Waals surface area contributed by atoms with Crippen molar-refractivity contribution >= 4 is 11.6 Å². The minimum atomic E-state index is -1.16. The zero-order chi connectivity index (χ0) is 14.4. The Labute approximate surface area is 118 Å². The molecule has 0 saturated carbocycles. The Morgan fingerprint density at radius 2 is 1.65 bits per heavy atom. The molecule has 20 heavy (non-hydrogen) atoms. The molecule has 0 aliphatic rings. The Balaban J connectivity index is 2.34. The zero-order valence-electron chi connectivity index (χ0n) is 11.3. The van der Waals surface area contributed by atoms with E-state index in [9.17, 15) is 10.1 Å². The topological polar surface area (TPSA) is 52.9 Å². The first-order valence-electron chi connectivity index (χ1n) is 6.56. The summed E-state index contributed by atoms with van der Waals surface area (Å²) in [6.45, 7) is 1.85. The van der Waals surface area contributed by atoms with Crippen molar-refractivity contribution < 1.29 is 4.79 Å². The summed E-state index contributed by atoms with van der Waals surface area (Å²) in [4.78, 5) is 12.6. The Bertz CT molecular complexity index is 616. The largest absolute Gasteiger partial charge is 0.324 e. The van der Waals surface area contributed by atoms with Gasteiger partial charge in [0.15, 0.2) is 5.41 Å². The van der Waals surface area contributed by atoms with Crippen LogP contribution in [-0.4, -0.2) is 5.91 Å². The first-order valence-corrected chi connectivity index (χ1v) is 6.56. The van der Waals surface area contributed by atoms with Crippen molar-refractivity contribution in [1.82, 2.24) is 0 Å². The quantitative estimate of drug-likeness (QED) is 0.918. The highest BCUT2D eigenvalue weighted by atomic mass is 16.2. The second-order valence-corrected chi connectivity index (χ2v) is 4.56. The van der Waals surface area contributed by atoms with Gasteiger partial charge in [-0.05, 0) is 24.1 Å². The number of para-hydroxylation sites is 1. The Morgan fingerprint density at radius 1 is 1.10 bits per heavy atom. The van der Waals surface area contributed by atoms with Crippen molar-refractivity contribution in [3.63, 3.8) is 0 Å². The third-order valence-corrected chi connectivity index (χ3v) is 3.41. The van der Waals surface area contributed by atoms with E-state index in [1.54, 1.807) is 12.1 Å². The summed E-state index contributed by atoms with van der Waals surface area (Å²) < 4.78 is 0. The highest BCUT2D eigenvalue weighted by Gasteiger charge is 2.38. The Kier molecular flexibility index (Phi) is 4.17. The molecular formula is C17H16N2O. The molecule has 0 heterocycles. The third kappa shape index (κ3) is 2.55. The Morgan fingerprint density at radius 3 is 2.15 bits per heavy atom. The van der Waals surface area contributed by atoms with Crippen molar-refractivity contribution in [3.05, 3.63) is 66.2 Å². The normalized spacial score (nSPS) is 13.0. The minimum Gasteiger partial charge on any atom is -0.324 e. The maximum atomic E-state index is 12.6. The van der Waals surface area contributed by atoms with Gasteiger partial charge < -0.3 is 5.32 Å². The van der Waals surface area contributed by atoms with Crippen molar-refractivity contribution in [2.75, 3.05) is 5.32 Å². The summed E-state index contributed by atoms with van der Waals surface area (Å²) in [7, 11) is 0. The summed E-state index contributed by atoms with van der Waals surface area (Å²) in [5.74, 6) is -0.292. The molecule has 2 rings (SSSR count). The number of rotatable bonds is 4. The second-order valence-electron chi connectivity index (χ2n) is 4.56. The van der Waals surface area contributed by atoms with Crippen molar-refractivity contribution in [2.45, 2.75) is 18.8 Å². The van der Waals surface area contributed by atoms with E-state index < -0.39 is 5.41 Å². The van der Waals surface area contributed by atoms with E-state index in [1.807, 2.05) is 55.5 Å². The van der Waals surface area contributed by atoms with Crippen LogP contribution in [0.2, 0.25) is 0 Å². The SMILES string of the molecule is CCC(C#N)(C(=O)Nc1ccccc1)c1ccccc1. The molecule has 0 spiro atoms. The molecule has 100 valence electrons. The van der Waals surface area contributed by atoms with Gasteiger partial charge in [-0.25, -0.2) is 0 Å². The number of nitrogens with zero attached hydrogens (tertiary/aromatic N) is 1. The van der Waals surface area contributed by atoms with E-state index in [4.69, 9.17) is 0 Å². The lowest BCUT2D eigenvalue weighted by atomic mass is 9.78. The van der Waals surface area contributed by atoms with E-state index in [1.165, 1.54) is 0 Å². The van der Waals surface area contributed by atoms with Crippen LogP contribution in [0.4, 0.5) is 5.69 Å². The molecular weight excluding hydrogens is 248 g/mol. The molecule has 0 saturated heterocycles. The van der Waals surface area contributed by atoms with Crippen molar-refractivity contribution in [2.24, 2.45) is 0 Å². The molecule has 1 amide bonds. The fourth-order valence-electron chi connectivity index (χ4n) is 2.17. The molecule has 0 aliphatic heterocycles. The van der Waals surface area contributed by atoms with Gasteiger partial charge in [0.25, 0.3) is 0 Å². The fourth-order valence-corrected chi connectivity index (χ4v) is 2.17. The van der Waals surface area contributed by atoms with E-state index in [0.717, 1.165) is 5.56 Å². The van der Waals surface area contributed by atoms with Crippen LogP contribution in [0.25, 0.3) is 0 Å². The van der Waals surface area contributed by atoms with Gasteiger partial charge in [0.05, 0.1) is 6.07 Å². The average Bonchev–Trinajstić information content (AvgIpc) is 2.51. The molecule has 0 aliphatic carbocycles. The molecule has 1 atom stereocenters. The van der Waals surface area contributed by atoms with E-state index in [2.05, 4.69) is 11.4 Å². The lowest BCUT2D eigenvalue weighted by Crippen LogP contribution is -2.38. The van der Waals surface area contributed by atoms with E-state index in [-0.39, 0.29) is 5.91 Å². The number of nitrogens with one attached hydrogen (secondary N) is 1. The van der Waals surface area contributed by atoms with Gasteiger partial charge in [0.1, 0.15) is 0 Å². The number of nitriles is 1. The third-order valence-electron chi connectivity index (χ3n) is 3.41. The maximum Gasteiger partial charge on any atom is 0.249 e. The first-order chi connectivity index (χ1) is 9.73. The van der Waals surface area contributed by atoms with Crippen molar-refractivity contribution in [1.29, 1.82) is 5.26 Å². The summed E-state index contributed by atoms with van der Waals surface area (Å²) in [6, 6.07) is 20.6. The summed E-state index contributed by atoms with van der Waals surface area (Å²) in [5, 5.41) is 12.4. The molecule has 0 fully saturated rings. The summed E-state index contributed by atoms with van der Waals surface area (Å²) in [5.41, 5.74) is 0.261. The molecule has 1 N–H and O–H groups in total. The second kappa shape index (κ2) is 6.03. The fraction of sp³-hybridized carbons (Fsp3) is 0.176. The van der Waals surface area contributed by atoms with Crippen LogP contribution in [0.5, 0.6) is 0 Å². The lowest BCUT2D eigenvalue weighted by molar-refractivity contribution is -0.119. The number of carbonyl (C=O) groups is 1. The van der Waals surface area contributed by atoms with Gasteiger partial charge in [0.2, 0.25) is 5.91 Å². The number of hydrogen-bond acceptors (Lipinski definition) is 2. The highest BCUT2D eigenvalue weighted by Crippen LogP contribution is 2.29. The molecule has 3 nitrogen and oxygen atoms in total. The summed E-state index contributed by atoms with van der Waals surface area (Å²) >= 11 is 0. The lowest BCUT2D eigenvalue weighted by Gasteiger charge is -2.24. The van der Waals surface area contributed by atoms with Gasteiger partial charge in [-0.2, -0.15) is 5.26 Å².